The number of piperidine rings is 3. The van der Waals surface area contributed by atoms with Gasteiger partial charge in [0, 0.05) is 99.6 Å². The van der Waals surface area contributed by atoms with Crippen molar-refractivity contribution >= 4 is 40.4 Å². The van der Waals surface area contributed by atoms with Crippen molar-refractivity contribution in [1.29, 1.82) is 0 Å². The molecule has 5 saturated heterocycles. The average molecular weight is 772 g/mol. The van der Waals surface area contributed by atoms with Crippen LogP contribution >= 0.6 is 0 Å². The quantitative estimate of drug-likeness (QED) is 0.196. The fraction of sp³-hybridized carbons (Fsp3) is 0.455. The summed E-state index contributed by atoms with van der Waals surface area (Å²) in [6, 6.07) is 27.2. The SMILES string of the molecule is CN(c1cccc(N2CCC(N3CCC(Oc4cccc(N5[C@@H]6CC[C@H]5CN(c5cc(-c7ccccc7O)nnc5N)C6)c4)CC3)CC2)c1)C1CCC(=O)NC1=O. The molecule has 2 amide bonds. The van der Waals surface area contributed by atoms with Crippen molar-refractivity contribution in [2.45, 2.75) is 81.6 Å². The third kappa shape index (κ3) is 7.64. The smallest absolute Gasteiger partial charge is 0.249 e. The highest BCUT2D eigenvalue weighted by molar-refractivity contribution is 6.01. The third-order valence-corrected chi connectivity index (χ3v) is 13.0. The molecule has 0 radical (unpaired) electrons. The monoisotopic (exact) mass is 771 g/mol. The Morgan fingerprint density at radius 1 is 0.772 bits per heavy atom. The highest BCUT2D eigenvalue weighted by atomic mass is 16.5. The number of likely N-dealkylation sites (N-methyl/N-ethyl adjacent to an activating group) is 1. The molecule has 13 nitrogen and oxygen atoms in total. The van der Waals surface area contributed by atoms with E-state index in [0.29, 0.717) is 48.0 Å². The van der Waals surface area contributed by atoms with Crippen LogP contribution in [0, 0.1) is 0 Å². The number of nitrogens with zero attached hydrogens (tertiary/aromatic N) is 7. The number of para-hydroxylation sites is 1. The van der Waals surface area contributed by atoms with Gasteiger partial charge in [0.25, 0.3) is 0 Å². The van der Waals surface area contributed by atoms with Crippen LogP contribution in [0.5, 0.6) is 11.5 Å². The minimum absolute atomic E-state index is 0.176. The van der Waals surface area contributed by atoms with Gasteiger partial charge in [-0.3, -0.25) is 19.8 Å². The number of amides is 2. The third-order valence-electron chi connectivity index (χ3n) is 13.0. The highest BCUT2D eigenvalue weighted by Gasteiger charge is 2.41. The van der Waals surface area contributed by atoms with E-state index in [1.54, 1.807) is 12.1 Å². The van der Waals surface area contributed by atoms with Crippen molar-refractivity contribution in [2.24, 2.45) is 0 Å². The molecule has 4 aromatic rings. The number of nitrogens with one attached hydrogen (secondary N) is 1. The van der Waals surface area contributed by atoms with E-state index in [1.165, 1.54) is 11.4 Å². The maximum atomic E-state index is 12.5. The number of hydrogen-bond donors (Lipinski definition) is 3. The number of ether oxygens (including phenoxy) is 1. The van der Waals surface area contributed by atoms with Gasteiger partial charge in [0.15, 0.2) is 5.82 Å². The standard InChI is InChI=1S/C44H53N9O4/c1-49(39-14-15-42(55)46-44(39)56)30-6-4-7-31(24-30)51-20-16-29(17-21-51)50-22-18-35(19-23-50)57-36-9-5-8-32(25-36)53-33-12-13-34(53)28-52(27-33)40-26-38(47-48-43(40)45)37-10-2-3-11-41(37)54/h2-11,24-26,29,33-35,39,54H,12-23,27-28H2,1H3,(H2,45,48)(H,46,55,56)/t33-,34+,39?. The highest BCUT2D eigenvalue weighted by Crippen LogP contribution is 2.40. The van der Waals surface area contributed by atoms with E-state index in [9.17, 15) is 14.7 Å². The Bertz CT molecular complexity index is 2090. The second-order valence-corrected chi connectivity index (χ2v) is 16.4. The zero-order valence-corrected chi connectivity index (χ0v) is 32.7. The first-order valence-electron chi connectivity index (χ1n) is 20.6. The molecule has 1 unspecified atom stereocenters. The van der Waals surface area contributed by atoms with Crippen LogP contribution in [0.2, 0.25) is 0 Å². The van der Waals surface area contributed by atoms with Gasteiger partial charge >= 0.3 is 0 Å². The predicted molar refractivity (Wildman–Crippen MR) is 223 cm³/mol. The molecule has 0 spiro atoms. The molecule has 5 aliphatic heterocycles. The molecule has 0 saturated carbocycles. The Hall–Kier alpha value is -5.56. The van der Waals surface area contributed by atoms with Gasteiger partial charge < -0.3 is 35.2 Å². The number of likely N-dealkylation sites (tertiary alicyclic amines) is 1. The van der Waals surface area contributed by atoms with Gasteiger partial charge in [-0.2, -0.15) is 0 Å². The summed E-state index contributed by atoms with van der Waals surface area (Å²) in [5.74, 6) is 1.13. The summed E-state index contributed by atoms with van der Waals surface area (Å²) < 4.78 is 6.68. The van der Waals surface area contributed by atoms with E-state index in [2.05, 4.69) is 77.6 Å². The number of carbonyl (C=O) groups is 2. The lowest BCUT2D eigenvalue weighted by Gasteiger charge is -2.44. The number of phenols is 1. The largest absolute Gasteiger partial charge is 0.507 e. The van der Waals surface area contributed by atoms with Gasteiger partial charge in [-0.15, -0.1) is 10.2 Å². The lowest BCUT2D eigenvalue weighted by Crippen LogP contribution is -2.54. The van der Waals surface area contributed by atoms with Gasteiger partial charge in [0.1, 0.15) is 23.6 Å². The van der Waals surface area contributed by atoms with Crippen molar-refractivity contribution in [2.75, 3.05) is 71.6 Å². The molecule has 4 N–H and O–H groups in total. The second-order valence-electron chi connectivity index (χ2n) is 16.4. The summed E-state index contributed by atoms with van der Waals surface area (Å²) in [6.07, 6.45) is 7.63. The van der Waals surface area contributed by atoms with Crippen LogP contribution in [0.1, 0.15) is 51.4 Å². The number of aromatic hydroxyl groups is 1. The number of benzene rings is 3. The zero-order chi connectivity index (χ0) is 39.0. The predicted octanol–water partition coefficient (Wildman–Crippen LogP) is 5.04. The molecule has 298 valence electrons. The van der Waals surface area contributed by atoms with Gasteiger partial charge in [0.2, 0.25) is 11.8 Å². The summed E-state index contributed by atoms with van der Waals surface area (Å²) >= 11 is 0. The molecular weight excluding hydrogens is 719 g/mol. The zero-order valence-electron chi connectivity index (χ0n) is 32.7. The van der Waals surface area contributed by atoms with Crippen LogP contribution in [0.3, 0.4) is 0 Å². The number of carbonyl (C=O) groups excluding carboxylic acids is 2. The minimum atomic E-state index is -0.332. The number of fused-ring (bicyclic) bond motifs is 2. The van der Waals surface area contributed by atoms with Crippen molar-refractivity contribution in [3.8, 4) is 22.8 Å². The fourth-order valence-electron chi connectivity index (χ4n) is 9.89. The molecule has 0 aliphatic carbocycles. The van der Waals surface area contributed by atoms with Crippen molar-refractivity contribution in [3.63, 3.8) is 0 Å². The fourth-order valence-corrected chi connectivity index (χ4v) is 9.89. The minimum Gasteiger partial charge on any atom is -0.507 e. The van der Waals surface area contributed by atoms with Crippen LogP contribution in [0.4, 0.5) is 28.6 Å². The first kappa shape index (κ1) is 37.0. The Labute approximate surface area is 334 Å². The van der Waals surface area contributed by atoms with E-state index >= 15 is 0 Å². The number of piperazine rings is 1. The molecule has 3 atom stereocenters. The number of nitrogens with two attached hydrogens (primary N) is 1. The van der Waals surface area contributed by atoms with Crippen LogP contribution in [-0.4, -0.2) is 109 Å². The molecule has 1 aromatic heterocycles. The lowest BCUT2D eigenvalue weighted by atomic mass is 9.98. The Kier molecular flexibility index (Phi) is 10.2. The lowest BCUT2D eigenvalue weighted by molar-refractivity contribution is -0.134. The summed E-state index contributed by atoms with van der Waals surface area (Å²) in [6.45, 7) is 5.77. The van der Waals surface area contributed by atoms with Gasteiger partial charge in [0.05, 0.1) is 11.4 Å². The number of phenolic OH excluding ortho intramolecular Hbond substituents is 1. The second kappa shape index (κ2) is 15.8. The summed E-state index contributed by atoms with van der Waals surface area (Å²) in [5, 5.41) is 21.5. The van der Waals surface area contributed by atoms with Crippen molar-refractivity contribution in [1.82, 2.24) is 20.4 Å². The first-order chi connectivity index (χ1) is 27.8. The number of aromatic nitrogens is 2. The number of rotatable bonds is 9. The van der Waals surface area contributed by atoms with Gasteiger partial charge in [-0.25, -0.2) is 0 Å². The van der Waals surface area contributed by atoms with E-state index < -0.39 is 0 Å². The molecule has 6 heterocycles. The van der Waals surface area contributed by atoms with E-state index in [0.717, 1.165) is 94.9 Å². The Morgan fingerprint density at radius 2 is 1.51 bits per heavy atom. The summed E-state index contributed by atoms with van der Waals surface area (Å²) in [7, 11) is 1.94. The molecule has 13 heteroatoms. The van der Waals surface area contributed by atoms with Crippen LogP contribution in [0.25, 0.3) is 11.3 Å². The molecule has 5 aliphatic rings. The molecule has 2 bridgehead atoms. The number of anilines is 5. The molecule has 5 fully saturated rings. The Balaban J connectivity index is 0.768. The number of imide groups is 1. The van der Waals surface area contributed by atoms with Crippen molar-refractivity contribution in [3.05, 3.63) is 78.9 Å². The topological polar surface area (TPSA) is 144 Å². The number of nitrogen functional groups attached to an aromatic ring is 1. The van der Waals surface area contributed by atoms with Crippen LogP contribution in [-0.2, 0) is 9.59 Å². The summed E-state index contributed by atoms with van der Waals surface area (Å²) in [4.78, 5) is 36.2. The van der Waals surface area contributed by atoms with E-state index in [4.69, 9.17) is 10.5 Å². The maximum absolute atomic E-state index is 12.5. The van der Waals surface area contributed by atoms with Crippen LogP contribution < -0.4 is 35.4 Å². The van der Waals surface area contributed by atoms with Gasteiger partial charge in [-0.05, 0) is 93.5 Å². The molecular formula is C44H53N9O4. The first-order valence-corrected chi connectivity index (χ1v) is 20.6. The molecule has 57 heavy (non-hydrogen) atoms. The van der Waals surface area contributed by atoms with Gasteiger partial charge in [-0.1, -0.05) is 24.3 Å². The summed E-state index contributed by atoms with van der Waals surface area (Å²) in [5.41, 5.74) is 11.9. The van der Waals surface area contributed by atoms with E-state index in [1.807, 2.05) is 36.2 Å². The molecule has 3 aromatic carbocycles. The van der Waals surface area contributed by atoms with E-state index in [-0.39, 0.29) is 29.7 Å². The molecule has 9 rings (SSSR count). The number of hydrogen-bond acceptors (Lipinski definition) is 12. The van der Waals surface area contributed by atoms with Crippen LogP contribution in [0.15, 0.2) is 78.9 Å². The Morgan fingerprint density at radius 3 is 2.26 bits per heavy atom. The average Bonchev–Trinajstić information content (AvgIpc) is 3.50. The maximum Gasteiger partial charge on any atom is 0.249 e. The normalized spacial score (nSPS) is 23.5. The van der Waals surface area contributed by atoms with Crippen molar-refractivity contribution < 1.29 is 19.4 Å².